The third-order valence-corrected chi connectivity index (χ3v) is 7.86. The van der Waals surface area contributed by atoms with Gasteiger partial charge in [0.15, 0.2) is 0 Å². The molecule has 4 aromatic carbocycles. The first-order valence-electron chi connectivity index (χ1n) is 12.6. The zero-order valence-corrected chi connectivity index (χ0v) is 22.6. The van der Waals surface area contributed by atoms with Gasteiger partial charge in [0.1, 0.15) is 12.4 Å². The minimum Gasteiger partial charge on any atom is -0.489 e. The standard InChI is InChI=1S/C31H31N3O4S/c1-25-12-18-30(19-13-25)39(36,37)34(21-20-26-8-4-2-5-9-26)23-31(35)33-32-22-27-14-16-29(17-15-27)38-24-28-10-6-3-7-11-28/h2-19,22H,20-21,23-24H2,1H3,(H,33,35)/b32-22-. The number of aryl methyl sites for hydroxylation is 1. The van der Waals surface area contributed by atoms with Crippen LogP contribution >= 0.6 is 0 Å². The molecule has 0 aromatic heterocycles. The van der Waals surface area contributed by atoms with Crippen LogP contribution in [0.5, 0.6) is 5.75 Å². The maximum atomic E-state index is 13.4. The van der Waals surface area contributed by atoms with Crippen molar-refractivity contribution in [3.63, 3.8) is 0 Å². The highest BCUT2D eigenvalue weighted by molar-refractivity contribution is 7.89. The molecule has 8 heteroatoms. The summed E-state index contributed by atoms with van der Waals surface area (Å²) in [7, 11) is -3.88. The van der Waals surface area contributed by atoms with Crippen molar-refractivity contribution >= 4 is 22.1 Å². The molecule has 0 bridgehead atoms. The second kappa shape index (κ2) is 13.5. The van der Waals surface area contributed by atoms with E-state index < -0.39 is 15.9 Å². The van der Waals surface area contributed by atoms with Crippen LogP contribution in [-0.2, 0) is 27.8 Å². The Morgan fingerprint density at radius 2 is 1.46 bits per heavy atom. The van der Waals surface area contributed by atoms with Gasteiger partial charge in [-0.05, 0) is 66.4 Å². The van der Waals surface area contributed by atoms with E-state index in [1.807, 2.05) is 91.9 Å². The molecule has 0 heterocycles. The van der Waals surface area contributed by atoms with Crippen LogP contribution in [0.2, 0.25) is 0 Å². The predicted molar refractivity (Wildman–Crippen MR) is 153 cm³/mol. The number of sulfonamides is 1. The van der Waals surface area contributed by atoms with Crippen LogP contribution in [0.4, 0.5) is 0 Å². The van der Waals surface area contributed by atoms with Crippen LogP contribution in [0.3, 0.4) is 0 Å². The Morgan fingerprint density at radius 3 is 2.10 bits per heavy atom. The van der Waals surface area contributed by atoms with Gasteiger partial charge in [0.05, 0.1) is 17.7 Å². The smallest absolute Gasteiger partial charge is 0.255 e. The molecule has 0 atom stereocenters. The zero-order valence-electron chi connectivity index (χ0n) is 21.7. The maximum Gasteiger partial charge on any atom is 0.255 e. The Kier molecular flexibility index (Phi) is 9.61. The van der Waals surface area contributed by atoms with E-state index in [0.29, 0.717) is 13.0 Å². The maximum absolute atomic E-state index is 13.4. The fourth-order valence-electron chi connectivity index (χ4n) is 3.81. The summed E-state index contributed by atoms with van der Waals surface area (Å²) in [5.41, 5.74) is 6.22. The van der Waals surface area contributed by atoms with Crippen molar-refractivity contribution < 1.29 is 17.9 Å². The molecule has 1 N–H and O–H groups in total. The first kappa shape index (κ1) is 27.8. The second-order valence-electron chi connectivity index (χ2n) is 9.02. The topological polar surface area (TPSA) is 88.1 Å². The number of rotatable bonds is 12. The SMILES string of the molecule is Cc1ccc(S(=O)(=O)N(CCc2ccccc2)CC(=O)N/N=C\c2ccc(OCc3ccccc3)cc2)cc1. The molecule has 4 aromatic rings. The van der Waals surface area contributed by atoms with Gasteiger partial charge in [-0.1, -0.05) is 78.4 Å². The normalized spacial score (nSPS) is 11.5. The Labute approximate surface area is 229 Å². The molecule has 0 aliphatic carbocycles. The van der Waals surface area contributed by atoms with Gasteiger partial charge in [0.2, 0.25) is 10.0 Å². The van der Waals surface area contributed by atoms with Crippen LogP contribution < -0.4 is 10.2 Å². The number of nitrogens with one attached hydrogen (secondary N) is 1. The molecule has 0 aliphatic heterocycles. The van der Waals surface area contributed by atoms with Gasteiger partial charge >= 0.3 is 0 Å². The van der Waals surface area contributed by atoms with E-state index in [9.17, 15) is 13.2 Å². The van der Waals surface area contributed by atoms with Crippen molar-refractivity contribution in [2.24, 2.45) is 5.10 Å². The van der Waals surface area contributed by atoms with Crippen molar-refractivity contribution in [3.05, 3.63) is 131 Å². The number of hydrogen-bond acceptors (Lipinski definition) is 5. The van der Waals surface area contributed by atoms with Crippen LogP contribution in [0, 0.1) is 6.92 Å². The van der Waals surface area contributed by atoms with E-state index >= 15 is 0 Å². The summed E-state index contributed by atoms with van der Waals surface area (Å²) in [6.07, 6.45) is 1.98. The average Bonchev–Trinajstić information content (AvgIpc) is 2.96. The Bertz CT molecular complexity index is 1470. The third kappa shape index (κ3) is 8.36. The molecule has 200 valence electrons. The molecular weight excluding hydrogens is 510 g/mol. The molecular formula is C31H31N3O4S. The van der Waals surface area contributed by atoms with Crippen LogP contribution in [0.25, 0.3) is 0 Å². The first-order chi connectivity index (χ1) is 18.9. The van der Waals surface area contributed by atoms with Gasteiger partial charge < -0.3 is 4.74 Å². The number of benzene rings is 4. The minimum absolute atomic E-state index is 0.145. The fraction of sp³-hybridized carbons (Fsp3) is 0.161. The van der Waals surface area contributed by atoms with Crippen LogP contribution in [0.15, 0.2) is 119 Å². The van der Waals surface area contributed by atoms with E-state index in [-0.39, 0.29) is 18.0 Å². The van der Waals surface area contributed by atoms with Gasteiger partial charge in [-0.15, -0.1) is 0 Å². The summed E-state index contributed by atoms with van der Waals surface area (Å²) >= 11 is 0. The third-order valence-electron chi connectivity index (χ3n) is 6.00. The molecule has 0 unspecified atom stereocenters. The Balaban J connectivity index is 1.36. The summed E-state index contributed by atoms with van der Waals surface area (Å²) in [5, 5.41) is 4.02. The Hall–Kier alpha value is -4.27. The molecule has 0 fully saturated rings. The average molecular weight is 542 g/mol. The molecule has 0 radical (unpaired) electrons. The van der Waals surface area contributed by atoms with Gasteiger partial charge in [0.25, 0.3) is 5.91 Å². The highest BCUT2D eigenvalue weighted by atomic mass is 32.2. The Morgan fingerprint density at radius 1 is 0.846 bits per heavy atom. The number of carbonyl (C=O) groups excluding carboxylic acids is 1. The van der Waals surface area contributed by atoms with Crippen molar-refractivity contribution in [1.29, 1.82) is 0 Å². The molecule has 7 nitrogen and oxygen atoms in total. The summed E-state index contributed by atoms with van der Waals surface area (Å²) in [4.78, 5) is 12.9. The molecule has 0 spiro atoms. The predicted octanol–water partition coefficient (Wildman–Crippen LogP) is 4.96. The summed E-state index contributed by atoms with van der Waals surface area (Å²) in [6, 6.07) is 33.3. The molecule has 1 amide bonds. The summed E-state index contributed by atoms with van der Waals surface area (Å²) in [6.45, 7) is 2.16. The second-order valence-corrected chi connectivity index (χ2v) is 11.0. The van der Waals surface area contributed by atoms with E-state index in [4.69, 9.17) is 4.74 Å². The number of ether oxygens (including phenoxy) is 1. The molecule has 39 heavy (non-hydrogen) atoms. The molecule has 0 saturated heterocycles. The van der Waals surface area contributed by atoms with Crippen molar-refractivity contribution in [3.8, 4) is 5.75 Å². The number of hydrazone groups is 1. The van der Waals surface area contributed by atoms with Gasteiger partial charge in [-0.3, -0.25) is 4.79 Å². The quantitative estimate of drug-likeness (QED) is 0.203. The summed E-state index contributed by atoms with van der Waals surface area (Å²) < 4.78 is 33.7. The van der Waals surface area contributed by atoms with Gasteiger partial charge in [-0.2, -0.15) is 9.41 Å². The molecule has 4 rings (SSSR count). The number of carbonyl (C=O) groups is 1. The number of amides is 1. The number of hydrogen-bond donors (Lipinski definition) is 1. The first-order valence-corrected chi connectivity index (χ1v) is 14.0. The van der Waals surface area contributed by atoms with Crippen LogP contribution in [-0.4, -0.2) is 37.9 Å². The minimum atomic E-state index is -3.88. The van der Waals surface area contributed by atoms with Crippen molar-refractivity contribution in [2.75, 3.05) is 13.1 Å². The lowest BCUT2D eigenvalue weighted by Gasteiger charge is -2.21. The molecule has 0 aliphatic rings. The van der Waals surface area contributed by atoms with Gasteiger partial charge in [-0.25, -0.2) is 13.8 Å². The van der Waals surface area contributed by atoms with E-state index in [2.05, 4.69) is 10.5 Å². The highest BCUT2D eigenvalue weighted by Crippen LogP contribution is 2.17. The van der Waals surface area contributed by atoms with E-state index in [0.717, 1.165) is 28.0 Å². The highest BCUT2D eigenvalue weighted by Gasteiger charge is 2.26. The van der Waals surface area contributed by atoms with E-state index in [1.165, 1.54) is 10.5 Å². The molecule has 0 saturated carbocycles. The zero-order chi connectivity index (χ0) is 27.5. The monoisotopic (exact) mass is 541 g/mol. The van der Waals surface area contributed by atoms with Gasteiger partial charge in [0, 0.05) is 6.54 Å². The largest absolute Gasteiger partial charge is 0.489 e. The van der Waals surface area contributed by atoms with E-state index in [1.54, 1.807) is 24.3 Å². The lowest BCUT2D eigenvalue weighted by molar-refractivity contribution is -0.121. The fourth-order valence-corrected chi connectivity index (χ4v) is 5.20. The lowest BCUT2D eigenvalue weighted by atomic mass is 10.1. The van der Waals surface area contributed by atoms with Crippen LogP contribution in [0.1, 0.15) is 22.3 Å². The summed E-state index contributed by atoms with van der Waals surface area (Å²) in [5.74, 6) is 0.188. The number of nitrogens with zero attached hydrogens (tertiary/aromatic N) is 2. The van der Waals surface area contributed by atoms with Crippen molar-refractivity contribution in [1.82, 2.24) is 9.73 Å². The lowest BCUT2D eigenvalue weighted by Crippen LogP contribution is -2.40. The van der Waals surface area contributed by atoms with Crippen molar-refractivity contribution in [2.45, 2.75) is 24.8 Å².